The van der Waals surface area contributed by atoms with E-state index in [4.69, 9.17) is 19.7 Å². The molecule has 2 atom stereocenters. The molecule has 0 fully saturated rings. The van der Waals surface area contributed by atoms with Crippen LogP contribution < -0.4 is 5.73 Å². The highest BCUT2D eigenvalue weighted by atomic mass is 32.1. The number of rotatable bonds is 23. The largest absolute Gasteiger partial charge is 0.382 e. The summed E-state index contributed by atoms with van der Waals surface area (Å²) in [6, 6.07) is 4.38. The zero-order valence-corrected chi connectivity index (χ0v) is 25.5. The molecule has 1 unspecified atom stereocenters. The lowest BCUT2D eigenvalue weighted by atomic mass is 10.1. The van der Waals surface area contributed by atoms with Crippen molar-refractivity contribution in [2.75, 3.05) is 31.9 Å². The van der Waals surface area contributed by atoms with Gasteiger partial charge in [0, 0.05) is 11.5 Å². The highest BCUT2D eigenvalue weighted by Gasteiger charge is 2.21. The van der Waals surface area contributed by atoms with Crippen LogP contribution in [0.4, 0.5) is 5.82 Å². The second-order valence-corrected chi connectivity index (χ2v) is 13.1. The summed E-state index contributed by atoms with van der Waals surface area (Å²) in [5, 5.41) is 2.16. The first-order chi connectivity index (χ1) is 19.4. The molecule has 3 N–H and O–H groups in total. The van der Waals surface area contributed by atoms with E-state index in [0.29, 0.717) is 30.1 Å². The van der Waals surface area contributed by atoms with Gasteiger partial charge in [0.1, 0.15) is 18.2 Å². The predicted molar refractivity (Wildman–Crippen MR) is 161 cm³/mol. The summed E-state index contributed by atoms with van der Waals surface area (Å²) in [5.41, 5.74) is 6.91. The lowest BCUT2D eigenvalue weighted by Gasteiger charge is -2.17. The van der Waals surface area contributed by atoms with Crippen molar-refractivity contribution in [3.8, 4) is 0 Å². The molecule has 3 rings (SSSR count). The number of unbranched alkanes of at least 4 members (excludes halogenated alkanes) is 10. The fraction of sp³-hybridized carbons (Fsp3) is 0.679. The number of anilines is 1. The summed E-state index contributed by atoms with van der Waals surface area (Å²) in [6.45, 7) is 3.18. The molecule has 224 valence electrons. The average Bonchev–Trinajstić information content (AvgIpc) is 3.60. The number of nitrogen functional groups attached to an aromatic ring is 1. The van der Waals surface area contributed by atoms with Gasteiger partial charge in [-0.1, -0.05) is 63.9 Å². The topological polar surface area (TPSA) is 135 Å². The third-order valence-corrected chi connectivity index (χ3v) is 8.72. The van der Waals surface area contributed by atoms with E-state index >= 15 is 0 Å². The van der Waals surface area contributed by atoms with Crippen molar-refractivity contribution in [3.05, 3.63) is 35.0 Å². The van der Waals surface area contributed by atoms with Crippen LogP contribution >= 0.6 is 18.9 Å². The molecular weight excluding hydrogens is 549 g/mol. The maximum absolute atomic E-state index is 12.3. The molecule has 0 saturated carbocycles. The minimum atomic E-state index is -3.86. The van der Waals surface area contributed by atoms with Crippen LogP contribution in [0.2, 0.25) is 0 Å². The van der Waals surface area contributed by atoms with Crippen LogP contribution in [0.25, 0.3) is 11.2 Å². The van der Waals surface area contributed by atoms with E-state index in [9.17, 15) is 9.46 Å². The molecule has 0 aliphatic heterocycles. The molecule has 0 aromatic carbocycles. The van der Waals surface area contributed by atoms with Gasteiger partial charge in [0.2, 0.25) is 0 Å². The number of nitrogens with zero attached hydrogens (tertiary/aromatic N) is 4. The van der Waals surface area contributed by atoms with Gasteiger partial charge in [0.15, 0.2) is 11.5 Å². The lowest BCUT2D eigenvalue weighted by Crippen LogP contribution is -2.18. The van der Waals surface area contributed by atoms with Crippen molar-refractivity contribution in [1.82, 2.24) is 19.5 Å². The molecule has 10 nitrogen and oxygen atoms in total. The van der Waals surface area contributed by atoms with Crippen LogP contribution in [0.1, 0.15) is 82.4 Å². The van der Waals surface area contributed by atoms with Crippen LogP contribution in [0.5, 0.6) is 0 Å². The van der Waals surface area contributed by atoms with Gasteiger partial charge in [-0.15, -0.1) is 11.3 Å². The van der Waals surface area contributed by atoms with Crippen molar-refractivity contribution in [2.24, 2.45) is 0 Å². The van der Waals surface area contributed by atoms with Gasteiger partial charge >= 0.3 is 7.60 Å². The van der Waals surface area contributed by atoms with Crippen molar-refractivity contribution in [2.45, 2.75) is 96.6 Å². The van der Waals surface area contributed by atoms with Crippen molar-refractivity contribution in [1.29, 1.82) is 0 Å². The first-order valence-corrected chi connectivity index (χ1v) is 17.2. The summed E-state index contributed by atoms with van der Waals surface area (Å²) in [7, 11) is -3.86. The quantitative estimate of drug-likeness (QED) is 0.0920. The van der Waals surface area contributed by atoms with E-state index in [1.807, 2.05) is 11.3 Å². The Balaban J connectivity index is 1.09. The van der Waals surface area contributed by atoms with Gasteiger partial charge in [0.25, 0.3) is 0 Å². The number of aryl methyl sites for hydroxylation is 1. The molecule has 0 saturated heterocycles. The van der Waals surface area contributed by atoms with Gasteiger partial charge in [-0.2, -0.15) is 0 Å². The number of imidazole rings is 1. The Morgan fingerprint density at radius 2 is 1.68 bits per heavy atom. The van der Waals surface area contributed by atoms with Crippen molar-refractivity contribution >= 4 is 35.9 Å². The molecule has 0 radical (unpaired) electrons. The standard InChI is InChI=1S/C28H46N5O5PS/c1-24(20-33-22-32-26-27(29)30-21-31-28(26)33)37-23-39(34,35)38-18-17-36-16-12-10-8-6-4-2-3-5-7-9-11-14-25-15-13-19-40-25/h13,15,19,21-22,24H,2-12,14,16-18,20,23H2,1H3,(H,34,35)(H2,29,30,31)/t24-/m1/s1. The molecular formula is C28H46N5O5PS. The van der Waals surface area contributed by atoms with Gasteiger partial charge < -0.3 is 29.2 Å². The fourth-order valence-corrected chi connectivity index (χ4v) is 6.14. The second-order valence-electron chi connectivity index (χ2n) is 10.2. The van der Waals surface area contributed by atoms with E-state index in [2.05, 4.69) is 32.5 Å². The van der Waals surface area contributed by atoms with Gasteiger partial charge in [-0.05, 0) is 37.6 Å². The third-order valence-electron chi connectivity index (χ3n) is 6.72. The maximum Gasteiger partial charge on any atom is 0.353 e. The van der Waals surface area contributed by atoms with E-state index in [1.54, 1.807) is 17.8 Å². The Morgan fingerprint density at radius 3 is 2.38 bits per heavy atom. The Morgan fingerprint density at radius 1 is 0.975 bits per heavy atom. The van der Waals surface area contributed by atoms with Gasteiger partial charge in [-0.25, -0.2) is 15.0 Å². The number of aromatic nitrogens is 4. The number of hydrogen-bond acceptors (Lipinski definition) is 9. The Bertz CT molecular complexity index is 1130. The van der Waals surface area contributed by atoms with Crippen LogP contribution in [0.15, 0.2) is 30.2 Å². The summed E-state index contributed by atoms with van der Waals surface area (Å²) < 4.78 is 30.3. The molecule has 3 aromatic rings. The zero-order chi connectivity index (χ0) is 28.5. The Labute approximate surface area is 242 Å². The van der Waals surface area contributed by atoms with E-state index in [1.165, 1.54) is 75.4 Å². The number of fused-ring (bicyclic) bond motifs is 1. The SMILES string of the molecule is C[C@H](Cn1cnc2c(N)ncnc21)OCP(=O)(O)OCCOCCCCCCCCCCCCCc1cccs1. The molecule has 3 heterocycles. The molecule has 3 aromatic heterocycles. The molecule has 0 spiro atoms. The predicted octanol–water partition coefficient (Wildman–Crippen LogP) is 6.59. The van der Waals surface area contributed by atoms with Crippen molar-refractivity contribution < 1.29 is 23.5 Å². The summed E-state index contributed by atoms with van der Waals surface area (Å²) in [4.78, 5) is 23.9. The average molecular weight is 596 g/mol. The number of hydrogen-bond donors (Lipinski definition) is 2. The second kappa shape index (κ2) is 18.5. The lowest BCUT2D eigenvalue weighted by molar-refractivity contribution is 0.0610. The summed E-state index contributed by atoms with van der Waals surface area (Å²) >= 11 is 1.87. The van der Waals surface area contributed by atoms with Crippen LogP contribution in [0.3, 0.4) is 0 Å². The monoisotopic (exact) mass is 595 g/mol. The molecule has 0 amide bonds. The minimum absolute atomic E-state index is 0.0574. The Hall–Kier alpha value is -1.88. The fourth-order valence-electron chi connectivity index (χ4n) is 4.51. The third kappa shape index (κ3) is 12.7. The molecule has 0 aliphatic carbocycles. The molecule has 40 heavy (non-hydrogen) atoms. The minimum Gasteiger partial charge on any atom is -0.382 e. The number of ether oxygens (including phenoxy) is 2. The van der Waals surface area contributed by atoms with Crippen molar-refractivity contribution in [3.63, 3.8) is 0 Å². The number of thiophene rings is 1. The van der Waals surface area contributed by atoms with Gasteiger partial charge in [-0.3, -0.25) is 4.57 Å². The van der Waals surface area contributed by atoms with Gasteiger partial charge in [0.05, 0.1) is 32.2 Å². The van der Waals surface area contributed by atoms with E-state index in [-0.39, 0.29) is 19.3 Å². The summed E-state index contributed by atoms with van der Waals surface area (Å²) in [5.74, 6) is 0.306. The first kappa shape index (κ1) is 32.6. The zero-order valence-electron chi connectivity index (χ0n) is 23.8. The molecule has 12 heteroatoms. The first-order valence-electron chi connectivity index (χ1n) is 14.5. The Kier molecular flexibility index (Phi) is 15.1. The van der Waals surface area contributed by atoms with Crippen LogP contribution in [0, 0.1) is 0 Å². The van der Waals surface area contributed by atoms with Crippen LogP contribution in [-0.2, 0) is 31.5 Å². The maximum atomic E-state index is 12.3. The highest BCUT2D eigenvalue weighted by molar-refractivity contribution is 7.52. The smallest absolute Gasteiger partial charge is 0.353 e. The highest BCUT2D eigenvalue weighted by Crippen LogP contribution is 2.41. The molecule has 0 aliphatic rings. The van der Waals surface area contributed by atoms with E-state index in [0.717, 1.165) is 12.8 Å². The number of nitrogens with two attached hydrogens (primary N) is 1. The van der Waals surface area contributed by atoms with Crippen LogP contribution in [-0.4, -0.2) is 56.7 Å². The normalized spacial score (nSPS) is 14.1. The molecule has 0 bridgehead atoms. The van der Waals surface area contributed by atoms with E-state index < -0.39 is 13.9 Å². The summed E-state index contributed by atoms with van der Waals surface area (Å²) in [6.07, 6.45) is 17.5.